The summed E-state index contributed by atoms with van der Waals surface area (Å²) < 4.78 is 12.7. The Bertz CT molecular complexity index is 1050. The molecule has 2 aromatic carbocycles. The highest BCUT2D eigenvalue weighted by atomic mass is 16.5. The Balaban J connectivity index is 1.89. The summed E-state index contributed by atoms with van der Waals surface area (Å²) in [5.41, 5.74) is 3.66. The minimum absolute atomic E-state index is 0.665. The summed E-state index contributed by atoms with van der Waals surface area (Å²) in [4.78, 5) is 9.15. The molecule has 4 aromatic rings. The van der Waals surface area contributed by atoms with Crippen LogP contribution in [-0.2, 0) is 0 Å². The lowest BCUT2D eigenvalue weighted by Crippen LogP contribution is -2.02. The Morgan fingerprint density at radius 2 is 1.64 bits per heavy atom. The molecule has 25 heavy (non-hydrogen) atoms. The molecule has 0 aliphatic rings. The fourth-order valence-corrected chi connectivity index (χ4v) is 2.90. The number of hydrogen-bond acceptors (Lipinski definition) is 5. The molecule has 0 bridgehead atoms. The molecule has 0 spiro atoms. The molecule has 6 heteroatoms. The van der Waals surface area contributed by atoms with E-state index >= 15 is 0 Å². The lowest BCUT2D eigenvalue weighted by molar-refractivity contribution is 0.395. The van der Waals surface area contributed by atoms with Crippen LogP contribution in [0.1, 0.15) is 5.69 Å². The van der Waals surface area contributed by atoms with Gasteiger partial charge in [-0.1, -0.05) is 12.1 Å². The first kappa shape index (κ1) is 15.3. The van der Waals surface area contributed by atoms with E-state index in [0.717, 1.165) is 39.7 Å². The SMILES string of the molecule is COc1cc(Nc2cc(C)nc3nc4ccccc4n23)cc(OC)c1. The minimum Gasteiger partial charge on any atom is -0.497 e. The fraction of sp³-hybridized carbons (Fsp3) is 0.158. The normalized spacial score (nSPS) is 11.0. The minimum atomic E-state index is 0.665. The largest absolute Gasteiger partial charge is 0.497 e. The van der Waals surface area contributed by atoms with Crippen molar-refractivity contribution < 1.29 is 9.47 Å². The van der Waals surface area contributed by atoms with Crippen LogP contribution in [0.15, 0.2) is 48.5 Å². The number of nitrogens with zero attached hydrogens (tertiary/aromatic N) is 3. The first-order chi connectivity index (χ1) is 12.2. The lowest BCUT2D eigenvalue weighted by atomic mass is 10.2. The Kier molecular flexibility index (Phi) is 3.65. The van der Waals surface area contributed by atoms with E-state index in [4.69, 9.17) is 9.47 Å². The molecule has 0 amide bonds. The van der Waals surface area contributed by atoms with Gasteiger partial charge in [0, 0.05) is 35.6 Å². The standard InChI is InChI=1S/C19H18N4O2/c1-12-8-18(21-13-9-14(24-2)11-15(10-13)25-3)23-17-7-5-4-6-16(17)22-19(23)20-12/h4-11,21H,1-3H3. The van der Waals surface area contributed by atoms with E-state index < -0.39 is 0 Å². The van der Waals surface area contributed by atoms with Crippen molar-refractivity contribution >= 4 is 28.3 Å². The van der Waals surface area contributed by atoms with Gasteiger partial charge in [-0.15, -0.1) is 0 Å². The monoisotopic (exact) mass is 334 g/mol. The molecule has 0 aliphatic heterocycles. The second-order valence-corrected chi connectivity index (χ2v) is 5.75. The highest BCUT2D eigenvalue weighted by Crippen LogP contribution is 2.29. The molecule has 4 rings (SSSR count). The number of aromatic nitrogens is 3. The Morgan fingerprint density at radius 3 is 2.36 bits per heavy atom. The molecule has 0 atom stereocenters. The summed E-state index contributed by atoms with van der Waals surface area (Å²) in [5, 5.41) is 3.44. The summed E-state index contributed by atoms with van der Waals surface area (Å²) in [5.74, 6) is 2.99. The van der Waals surface area contributed by atoms with E-state index in [0.29, 0.717) is 5.78 Å². The van der Waals surface area contributed by atoms with Gasteiger partial charge in [-0.25, -0.2) is 9.97 Å². The van der Waals surface area contributed by atoms with Gasteiger partial charge in [0.25, 0.3) is 0 Å². The molecule has 126 valence electrons. The number of para-hydroxylation sites is 2. The Hall–Kier alpha value is -3.28. The van der Waals surface area contributed by atoms with Crippen molar-refractivity contribution in [3.05, 3.63) is 54.2 Å². The maximum absolute atomic E-state index is 5.35. The fourth-order valence-electron chi connectivity index (χ4n) is 2.90. The second kappa shape index (κ2) is 5.98. The van der Waals surface area contributed by atoms with E-state index in [1.54, 1.807) is 14.2 Å². The van der Waals surface area contributed by atoms with Gasteiger partial charge in [0.1, 0.15) is 17.3 Å². The van der Waals surface area contributed by atoms with E-state index in [1.807, 2.05) is 59.9 Å². The number of nitrogens with one attached hydrogen (secondary N) is 1. The van der Waals surface area contributed by atoms with Crippen molar-refractivity contribution in [1.82, 2.24) is 14.4 Å². The third-order valence-electron chi connectivity index (χ3n) is 4.03. The molecule has 0 fully saturated rings. The van der Waals surface area contributed by atoms with Gasteiger partial charge in [0.2, 0.25) is 5.78 Å². The Labute approximate surface area is 145 Å². The molecule has 0 saturated heterocycles. The predicted octanol–water partition coefficient (Wildman–Crippen LogP) is 3.95. The van der Waals surface area contributed by atoms with Gasteiger partial charge in [-0.05, 0) is 19.1 Å². The Morgan fingerprint density at radius 1 is 0.920 bits per heavy atom. The van der Waals surface area contributed by atoms with Crippen molar-refractivity contribution in [2.45, 2.75) is 6.92 Å². The van der Waals surface area contributed by atoms with Crippen LogP contribution in [0.25, 0.3) is 16.8 Å². The van der Waals surface area contributed by atoms with Gasteiger partial charge in [-0.2, -0.15) is 0 Å². The van der Waals surface area contributed by atoms with Crippen molar-refractivity contribution in [3.63, 3.8) is 0 Å². The summed E-state index contributed by atoms with van der Waals surface area (Å²) in [6, 6.07) is 15.7. The highest BCUT2D eigenvalue weighted by molar-refractivity contribution is 5.82. The number of benzene rings is 2. The summed E-state index contributed by atoms with van der Waals surface area (Å²) >= 11 is 0. The number of rotatable bonds is 4. The number of fused-ring (bicyclic) bond motifs is 3. The molecule has 2 heterocycles. The second-order valence-electron chi connectivity index (χ2n) is 5.75. The van der Waals surface area contributed by atoms with Crippen LogP contribution in [0.3, 0.4) is 0 Å². The smallest absolute Gasteiger partial charge is 0.236 e. The van der Waals surface area contributed by atoms with Gasteiger partial charge >= 0.3 is 0 Å². The molecule has 6 nitrogen and oxygen atoms in total. The van der Waals surface area contributed by atoms with Crippen molar-refractivity contribution in [3.8, 4) is 11.5 Å². The maximum Gasteiger partial charge on any atom is 0.236 e. The van der Waals surface area contributed by atoms with E-state index in [1.165, 1.54) is 0 Å². The topological polar surface area (TPSA) is 60.7 Å². The predicted molar refractivity (Wildman–Crippen MR) is 98.1 cm³/mol. The van der Waals surface area contributed by atoms with E-state index in [2.05, 4.69) is 15.3 Å². The molecule has 0 radical (unpaired) electrons. The average Bonchev–Trinajstić information content (AvgIpc) is 2.99. The first-order valence-corrected chi connectivity index (χ1v) is 7.93. The molecule has 1 N–H and O–H groups in total. The number of imidazole rings is 1. The number of aryl methyl sites for hydroxylation is 1. The van der Waals surface area contributed by atoms with Gasteiger partial charge in [0.15, 0.2) is 0 Å². The maximum atomic E-state index is 5.35. The quantitative estimate of drug-likeness (QED) is 0.612. The molecular weight excluding hydrogens is 316 g/mol. The molecule has 2 aromatic heterocycles. The number of methoxy groups -OCH3 is 2. The van der Waals surface area contributed by atoms with Crippen LogP contribution in [0.5, 0.6) is 11.5 Å². The molecule has 0 aliphatic carbocycles. The van der Waals surface area contributed by atoms with E-state index in [9.17, 15) is 0 Å². The average molecular weight is 334 g/mol. The first-order valence-electron chi connectivity index (χ1n) is 7.93. The number of hydrogen-bond donors (Lipinski definition) is 1. The van der Waals surface area contributed by atoms with Gasteiger partial charge < -0.3 is 14.8 Å². The van der Waals surface area contributed by atoms with Crippen LogP contribution in [0, 0.1) is 6.92 Å². The van der Waals surface area contributed by atoms with E-state index in [-0.39, 0.29) is 0 Å². The lowest BCUT2D eigenvalue weighted by Gasteiger charge is -2.13. The van der Waals surface area contributed by atoms with Crippen molar-refractivity contribution in [1.29, 1.82) is 0 Å². The number of anilines is 2. The molecule has 0 unspecified atom stereocenters. The van der Waals surface area contributed by atoms with Crippen molar-refractivity contribution in [2.24, 2.45) is 0 Å². The van der Waals surface area contributed by atoms with Crippen molar-refractivity contribution in [2.75, 3.05) is 19.5 Å². The number of ether oxygens (including phenoxy) is 2. The van der Waals surface area contributed by atoms with Crippen LogP contribution in [0.4, 0.5) is 11.5 Å². The zero-order chi connectivity index (χ0) is 17.4. The van der Waals surface area contributed by atoms with Gasteiger partial charge in [0.05, 0.1) is 25.3 Å². The molecule has 0 saturated carbocycles. The van der Waals surface area contributed by atoms with Crippen LogP contribution in [0.2, 0.25) is 0 Å². The van der Waals surface area contributed by atoms with Crippen LogP contribution in [-0.4, -0.2) is 28.6 Å². The third-order valence-corrected chi connectivity index (χ3v) is 4.03. The summed E-state index contributed by atoms with van der Waals surface area (Å²) in [7, 11) is 3.27. The van der Waals surface area contributed by atoms with Gasteiger partial charge in [-0.3, -0.25) is 4.40 Å². The molecular formula is C19H18N4O2. The zero-order valence-electron chi connectivity index (χ0n) is 14.3. The van der Waals surface area contributed by atoms with Crippen LogP contribution >= 0.6 is 0 Å². The van der Waals surface area contributed by atoms with Crippen LogP contribution < -0.4 is 14.8 Å². The zero-order valence-corrected chi connectivity index (χ0v) is 14.3. The third kappa shape index (κ3) is 2.71. The summed E-state index contributed by atoms with van der Waals surface area (Å²) in [6.07, 6.45) is 0. The highest BCUT2D eigenvalue weighted by Gasteiger charge is 2.11. The summed E-state index contributed by atoms with van der Waals surface area (Å²) in [6.45, 7) is 1.96.